The summed E-state index contributed by atoms with van der Waals surface area (Å²) in [5, 5.41) is 4.16. The first-order valence-corrected chi connectivity index (χ1v) is 11.5. The van der Waals surface area contributed by atoms with Gasteiger partial charge in [-0.2, -0.15) is 0 Å². The van der Waals surface area contributed by atoms with Gasteiger partial charge >= 0.3 is 0 Å². The largest absolute Gasteiger partial charge is 0.383 e. The molecule has 0 amide bonds. The molecule has 0 saturated heterocycles. The van der Waals surface area contributed by atoms with Crippen molar-refractivity contribution in [3.8, 4) is 11.1 Å². The fourth-order valence-electron chi connectivity index (χ4n) is 4.04. The minimum atomic E-state index is -0.289. The number of rotatable bonds is 5. The van der Waals surface area contributed by atoms with Crippen LogP contribution in [0.1, 0.15) is 16.7 Å². The molecule has 4 aromatic rings. The van der Waals surface area contributed by atoms with Gasteiger partial charge in [0.15, 0.2) is 0 Å². The van der Waals surface area contributed by atoms with Crippen LogP contribution in [-0.2, 0) is 0 Å². The highest BCUT2D eigenvalue weighted by Gasteiger charge is 2.19. The molecule has 3 nitrogen and oxygen atoms in total. The minimum Gasteiger partial charge on any atom is -0.383 e. The van der Waals surface area contributed by atoms with Crippen molar-refractivity contribution < 1.29 is 0 Å². The van der Waals surface area contributed by atoms with Crippen LogP contribution in [0.3, 0.4) is 0 Å². The lowest BCUT2D eigenvalue weighted by molar-refractivity contribution is 0.749. The van der Waals surface area contributed by atoms with Crippen molar-refractivity contribution in [2.24, 2.45) is 10.7 Å². The van der Waals surface area contributed by atoms with Gasteiger partial charge in [0.05, 0.1) is 0 Å². The van der Waals surface area contributed by atoms with Crippen molar-refractivity contribution >= 4 is 28.6 Å². The SMILES string of the molecule is N/C(=N\C1NC=C(c2ccccc2)C=C1c1ccccc1)c1ccc(-c2cccc(Cl)c2)cc1. The Labute approximate surface area is 204 Å². The van der Waals surface area contributed by atoms with Gasteiger partial charge in [-0.1, -0.05) is 109 Å². The number of nitrogens with one attached hydrogen (secondary N) is 1. The normalized spacial score (nSPS) is 15.8. The molecule has 34 heavy (non-hydrogen) atoms. The predicted molar refractivity (Wildman–Crippen MR) is 143 cm³/mol. The van der Waals surface area contributed by atoms with Crippen molar-refractivity contribution in [2.75, 3.05) is 0 Å². The number of amidine groups is 1. The van der Waals surface area contributed by atoms with Crippen LogP contribution in [0.2, 0.25) is 5.02 Å². The lowest BCUT2D eigenvalue weighted by Gasteiger charge is -2.24. The van der Waals surface area contributed by atoms with Crippen molar-refractivity contribution in [1.82, 2.24) is 5.32 Å². The van der Waals surface area contributed by atoms with E-state index in [2.05, 4.69) is 35.7 Å². The second-order valence-electron chi connectivity index (χ2n) is 8.10. The summed E-state index contributed by atoms with van der Waals surface area (Å²) in [7, 11) is 0. The molecule has 0 spiro atoms. The second-order valence-corrected chi connectivity index (χ2v) is 8.54. The monoisotopic (exact) mass is 461 g/mol. The van der Waals surface area contributed by atoms with Crippen LogP contribution in [-0.4, -0.2) is 12.0 Å². The molecular weight excluding hydrogens is 438 g/mol. The average Bonchev–Trinajstić information content (AvgIpc) is 2.90. The molecule has 0 fully saturated rings. The number of nitrogens with zero attached hydrogens (tertiary/aromatic N) is 1. The third kappa shape index (κ3) is 4.80. The summed E-state index contributed by atoms with van der Waals surface area (Å²) in [4.78, 5) is 4.86. The summed E-state index contributed by atoms with van der Waals surface area (Å²) in [5.41, 5.74) is 13.9. The van der Waals surface area contributed by atoms with Crippen LogP contribution in [0.4, 0.5) is 0 Å². The molecule has 3 N–H and O–H groups in total. The van der Waals surface area contributed by atoms with E-state index in [1.807, 2.05) is 91.1 Å². The van der Waals surface area contributed by atoms with E-state index >= 15 is 0 Å². The van der Waals surface area contributed by atoms with E-state index in [1.54, 1.807) is 0 Å². The van der Waals surface area contributed by atoms with E-state index in [-0.39, 0.29) is 6.17 Å². The van der Waals surface area contributed by atoms with E-state index in [0.29, 0.717) is 10.9 Å². The fraction of sp³-hybridized carbons (Fsp3) is 0.0333. The molecule has 0 bridgehead atoms. The van der Waals surface area contributed by atoms with Crippen molar-refractivity contribution in [3.63, 3.8) is 0 Å². The van der Waals surface area contributed by atoms with Gasteiger partial charge in [0.1, 0.15) is 12.0 Å². The molecule has 1 atom stereocenters. The predicted octanol–water partition coefficient (Wildman–Crippen LogP) is 6.77. The van der Waals surface area contributed by atoms with Crippen molar-refractivity contribution in [1.29, 1.82) is 0 Å². The topological polar surface area (TPSA) is 50.4 Å². The Hall–Kier alpha value is -4.08. The molecule has 1 unspecified atom stereocenters. The van der Waals surface area contributed by atoms with Gasteiger partial charge in [0, 0.05) is 22.4 Å². The van der Waals surface area contributed by atoms with Crippen LogP contribution < -0.4 is 11.1 Å². The van der Waals surface area contributed by atoms with Gasteiger partial charge in [-0.25, -0.2) is 4.99 Å². The number of benzene rings is 4. The Bertz CT molecular complexity index is 1370. The van der Waals surface area contributed by atoms with Crippen molar-refractivity contribution in [2.45, 2.75) is 6.17 Å². The highest BCUT2D eigenvalue weighted by Crippen LogP contribution is 2.29. The molecular formula is C30H24ClN3. The van der Waals surface area contributed by atoms with E-state index < -0.39 is 0 Å². The van der Waals surface area contributed by atoms with Gasteiger partial charge < -0.3 is 11.1 Å². The van der Waals surface area contributed by atoms with Crippen LogP contribution in [0, 0.1) is 0 Å². The molecule has 166 valence electrons. The lowest BCUT2D eigenvalue weighted by atomic mass is 9.95. The highest BCUT2D eigenvalue weighted by molar-refractivity contribution is 6.30. The lowest BCUT2D eigenvalue weighted by Crippen LogP contribution is -2.30. The number of aliphatic imine (C=N–C) groups is 1. The van der Waals surface area contributed by atoms with Gasteiger partial charge in [0.25, 0.3) is 0 Å². The standard InChI is InChI=1S/C30H24ClN3/c31-27-13-7-12-25(18-27)22-14-16-24(17-15-22)29(32)34-30-28(23-10-5-2-6-11-23)19-26(20-33-30)21-8-3-1-4-9-21/h1-20,30,33H,(H2,32,34). The number of hydrogen-bond acceptors (Lipinski definition) is 2. The summed E-state index contributed by atoms with van der Waals surface area (Å²) in [6, 6.07) is 36.5. The highest BCUT2D eigenvalue weighted by atomic mass is 35.5. The van der Waals surface area contributed by atoms with Crippen LogP contribution >= 0.6 is 11.6 Å². The molecule has 4 heteroatoms. The number of hydrogen-bond donors (Lipinski definition) is 2. The maximum absolute atomic E-state index is 6.47. The Morgan fingerprint density at radius 2 is 1.35 bits per heavy atom. The molecule has 0 saturated carbocycles. The number of allylic oxidation sites excluding steroid dienone is 2. The Morgan fingerprint density at radius 3 is 2.03 bits per heavy atom. The molecule has 0 aliphatic carbocycles. The molecule has 0 aromatic heterocycles. The zero-order valence-electron chi connectivity index (χ0n) is 18.5. The third-order valence-corrected chi connectivity index (χ3v) is 6.06. The zero-order valence-corrected chi connectivity index (χ0v) is 19.3. The first-order chi connectivity index (χ1) is 16.7. The van der Waals surface area contributed by atoms with Crippen molar-refractivity contribution in [3.05, 3.63) is 143 Å². The number of nitrogens with two attached hydrogens (primary N) is 1. The van der Waals surface area contributed by atoms with E-state index in [0.717, 1.165) is 39.0 Å². The maximum Gasteiger partial charge on any atom is 0.147 e. The van der Waals surface area contributed by atoms with E-state index in [9.17, 15) is 0 Å². The number of dihydropyridines is 1. The average molecular weight is 462 g/mol. The summed E-state index contributed by atoms with van der Waals surface area (Å²) in [6.45, 7) is 0. The summed E-state index contributed by atoms with van der Waals surface area (Å²) >= 11 is 6.14. The fourth-order valence-corrected chi connectivity index (χ4v) is 4.23. The maximum atomic E-state index is 6.47. The zero-order chi connectivity index (χ0) is 23.3. The summed E-state index contributed by atoms with van der Waals surface area (Å²) < 4.78 is 0. The Morgan fingerprint density at radius 1 is 0.706 bits per heavy atom. The van der Waals surface area contributed by atoms with Gasteiger partial charge in [0.2, 0.25) is 0 Å². The van der Waals surface area contributed by atoms with Gasteiger partial charge in [-0.05, 0) is 46.0 Å². The first-order valence-electron chi connectivity index (χ1n) is 11.2. The minimum absolute atomic E-state index is 0.289. The smallest absolute Gasteiger partial charge is 0.147 e. The van der Waals surface area contributed by atoms with Gasteiger partial charge in [-0.3, -0.25) is 0 Å². The molecule has 1 aliphatic heterocycles. The first kappa shape index (κ1) is 21.7. The Kier molecular flexibility index (Phi) is 6.28. The quantitative estimate of drug-likeness (QED) is 0.254. The summed E-state index contributed by atoms with van der Waals surface area (Å²) in [6.07, 6.45) is 3.90. The van der Waals surface area contributed by atoms with Gasteiger partial charge in [-0.15, -0.1) is 0 Å². The van der Waals surface area contributed by atoms with Crippen LogP contribution in [0.5, 0.6) is 0 Å². The van der Waals surface area contributed by atoms with Crippen LogP contribution in [0.25, 0.3) is 22.3 Å². The number of halogens is 1. The van der Waals surface area contributed by atoms with E-state index in [4.69, 9.17) is 22.3 Å². The second kappa shape index (κ2) is 9.82. The third-order valence-electron chi connectivity index (χ3n) is 5.82. The molecule has 5 rings (SSSR count). The van der Waals surface area contributed by atoms with Crippen LogP contribution in [0.15, 0.2) is 126 Å². The molecule has 1 aliphatic rings. The molecule has 4 aromatic carbocycles. The molecule has 1 heterocycles. The van der Waals surface area contributed by atoms with E-state index in [1.165, 1.54) is 0 Å². The Balaban J connectivity index is 1.44. The molecule has 0 radical (unpaired) electrons. The summed E-state index contributed by atoms with van der Waals surface area (Å²) in [5.74, 6) is 0.480.